The van der Waals surface area contributed by atoms with Crippen LogP contribution in [0, 0.1) is 0 Å². The lowest BCUT2D eigenvalue weighted by atomic mass is 10.5. The fraction of sp³-hybridized carbons (Fsp3) is 0.571. The van der Waals surface area contributed by atoms with Gasteiger partial charge in [0.05, 0.1) is 32.5 Å². The number of hydrazone groups is 1. The summed E-state index contributed by atoms with van der Waals surface area (Å²) in [5, 5.41) is 12.0. The van der Waals surface area contributed by atoms with E-state index in [4.69, 9.17) is 4.74 Å². The summed E-state index contributed by atoms with van der Waals surface area (Å²) in [4.78, 5) is 0. The Labute approximate surface area is 80.2 Å². The van der Waals surface area contributed by atoms with E-state index in [2.05, 4.69) is 14.7 Å². The molecule has 0 amide bonds. The van der Waals surface area contributed by atoms with Gasteiger partial charge in [-0.25, -0.2) is 0 Å². The standard InChI is InChI=1S/C7H10N4OS/c1-3-12-4-2-11(1)8-5-7-6-13-10-9-7/h5-6H,1-4H2/b8-5+. The van der Waals surface area contributed by atoms with Gasteiger partial charge in [0.1, 0.15) is 5.69 Å². The van der Waals surface area contributed by atoms with E-state index in [1.807, 2.05) is 10.4 Å². The number of nitrogens with zero attached hydrogens (tertiary/aromatic N) is 4. The summed E-state index contributed by atoms with van der Waals surface area (Å²) < 4.78 is 8.94. The van der Waals surface area contributed by atoms with Crippen LogP contribution in [-0.4, -0.2) is 47.1 Å². The van der Waals surface area contributed by atoms with E-state index in [0.29, 0.717) is 0 Å². The summed E-state index contributed by atoms with van der Waals surface area (Å²) in [6.07, 6.45) is 1.73. The molecule has 0 saturated carbocycles. The average Bonchev–Trinajstić information content (AvgIpc) is 2.69. The molecular formula is C7H10N4OS. The normalized spacial score (nSPS) is 18.3. The molecule has 13 heavy (non-hydrogen) atoms. The van der Waals surface area contributed by atoms with Gasteiger partial charge in [-0.1, -0.05) is 4.49 Å². The molecule has 0 spiro atoms. The summed E-state index contributed by atoms with van der Waals surface area (Å²) in [6.45, 7) is 3.22. The van der Waals surface area contributed by atoms with Crippen molar-refractivity contribution in [2.75, 3.05) is 26.3 Å². The minimum absolute atomic E-state index is 0.757. The molecule has 1 aliphatic rings. The summed E-state index contributed by atoms with van der Waals surface area (Å²) in [5.74, 6) is 0. The van der Waals surface area contributed by atoms with Gasteiger partial charge in [-0.15, -0.1) is 5.10 Å². The summed E-state index contributed by atoms with van der Waals surface area (Å²) in [5.41, 5.74) is 0.816. The fourth-order valence-corrected chi connectivity index (χ4v) is 1.44. The van der Waals surface area contributed by atoms with Crippen molar-refractivity contribution >= 4 is 17.7 Å². The van der Waals surface area contributed by atoms with E-state index < -0.39 is 0 Å². The maximum Gasteiger partial charge on any atom is 0.118 e. The van der Waals surface area contributed by atoms with E-state index >= 15 is 0 Å². The molecule has 1 aromatic rings. The second-order valence-electron chi connectivity index (χ2n) is 2.64. The zero-order valence-corrected chi connectivity index (χ0v) is 7.90. The highest BCUT2D eigenvalue weighted by molar-refractivity contribution is 7.03. The number of hydrogen-bond donors (Lipinski definition) is 0. The first-order valence-corrected chi connectivity index (χ1v) is 4.92. The van der Waals surface area contributed by atoms with E-state index in [0.717, 1.165) is 32.0 Å². The highest BCUT2D eigenvalue weighted by atomic mass is 32.1. The lowest BCUT2D eigenvalue weighted by Gasteiger charge is -2.23. The first kappa shape index (κ1) is 8.58. The van der Waals surface area contributed by atoms with Crippen LogP contribution in [0.1, 0.15) is 5.69 Å². The third kappa shape index (κ3) is 2.46. The second kappa shape index (κ2) is 4.29. The van der Waals surface area contributed by atoms with Crippen LogP contribution in [0.4, 0.5) is 0 Å². The maximum atomic E-state index is 5.20. The van der Waals surface area contributed by atoms with Crippen molar-refractivity contribution in [1.82, 2.24) is 14.6 Å². The van der Waals surface area contributed by atoms with E-state index in [1.54, 1.807) is 6.21 Å². The van der Waals surface area contributed by atoms with Gasteiger partial charge in [0.2, 0.25) is 0 Å². The van der Waals surface area contributed by atoms with Gasteiger partial charge in [0.15, 0.2) is 0 Å². The molecule has 0 aromatic carbocycles. The molecule has 1 aromatic heterocycles. The quantitative estimate of drug-likeness (QED) is 0.637. The monoisotopic (exact) mass is 198 g/mol. The van der Waals surface area contributed by atoms with Crippen LogP contribution in [0.25, 0.3) is 0 Å². The molecule has 0 unspecified atom stereocenters. The van der Waals surface area contributed by atoms with Gasteiger partial charge in [-0.3, -0.25) is 5.01 Å². The van der Waals surface area contributed by atoms with Crippen molar-refractivity contribution < 1.29 is 4.74 Å². The van der Waals surface area contributed by atoms with Crippen molar-refractivity contribution in [2.24, 2.45) is 5.10 Å². The van der Waals surface area contributed by atoms with Crippen molar-refractivity contribution in [1.29, 1.82) is 0 Å². The third-order valence-electron chi connectivity index (χ3n) is 1.72. The minimum Gasteiger partial charge on any atom is -0.378 e. The van der Waals surface area contributed by atoms with Gasteiger partial charge in [-0.2, -0.15) is 5.10 Å². The Morgan fingerprint density at radius 1 is 1.54 bits per heavy atom. The molecule has 1 fully saturated rings. The Bertz CT molecular complexity index is 268. The topological polar surface area (TPSA) is 50.6 Å². The van der Waals surface area contributed by atoms with E-state index in [1.165, 1.54) is 11.5 Å². The molecule has 0 aliphatic carbocycles. The Morgan fingerprint density at radius 2 is 2.38 bits per heavy atom. The molecule has 0 atom stereocenters. The molecule has 1 saturated heterocycles. The molecule has 1 aliphatic heterocycles. The Kier molecular flexibility index (Phi) is 2.83. The predicted molar refractivity (Wildman–Crippen MR) is 49.9 cm³/mol. The molecule has 6 heteroatoms. The maximum absolute atomic E-state index is 5.20. The molecule has 0 N–H and O–H groups in total. The Morgan fingerprint density at radius 3 is 3.08 bits per heavy atom. The lowest BCUT2D eigenvalue weighted by molar-refractivity contribution is 0.0396. The minimum atomic E-state index is 0.757. The summed E-state index contributed by atoms with van der Waals surface area (Å²) in [7, 11) is 0. The van der Waals surface area contributed by atoms with Gasteiger partial charge in [0, 0.05) is 5.38 Å². The Balaban J connectivity index is 1.89. The third-order valence-corrected chi connectivity index (χ3v) is 2.24. The number of rotatable bonds is 2. The molecule has 0 bridgehead atoms. The van der Waals surface area contributed by atoms with Gasteiger partial charge >= 0.3 is 0 Å². The zero-order chi connectivity index (χ0) is 8.93. The highest BCUT2D eigenvalue weighted by Gasteiger charge is 2.06. The molecular weight excluding hydrogens is 188 g/mol. The summed E-state index contributed by atoms with van der Waals surface area (Å²) in [6, 6.07) is 0. The molecule has 0 radical (unpaired) electrons. The molecule has 2 heterocycles. The zero-order valence-electron chi connectivity index (χ0n) is 7.09. The van der Waals surface area contributed by atoms with Gasteiger partial charge < -0.3 is 4.74 Å². The van der Waals surface area contributed by atoms with Crippen molar-refractivity contribution in [3.63, 3.8) is 0 Å². The number of ether oxygens (including phenoxy) is 1. The van der Waals surface area contributed by atoms with Crippen molar-refractivity contribution in [3.8, 4) is 0 Å². The fourth-order valence-electron chi connectivity index (χ4n) is 1.04. The average molecular weight is 198 g/mol. The first-order chi connectivity index (χ1) is 6.45. The SMILES string of the molecule is C(=N\N1CCOCC1)/c1csnn1. The van der Waals surface area contributed by atoms with Crippen molar-refractivity contribution in [2.45, 2.75) is 0 Å². The van der Waals surface area contributed by atoms with Crippen LogP contribution in [0.3, 0.4) is 0 Å². The lowest BCUT2D eigenvalue weighted by Crippen LogP contribution is -2.32. The highest BCUT2D eigenvalue weighted by Crippen LogP contribution is 1.98. The van der Waals surface area contributed by atoms with E-state index in [-0.39, 0.29) is 0 Å². The van der Waals surface area contributed by atoms with Crippen LogP contribution in [0.5, 0.6) is 0 Å². The molecule has 2 rings (SSSR count). The number of morpholine rings is 1. The molecule has 70 valence electrons. The smallest absolute Gasteiger partial charge is 0.118 e. The number of hydrogen-bond acceptors (Lipinski definition) is 6. The van der Waals surface area contributed by atoms with Crippen LogP contribution < -0.4 is 0 Å². The van der Waals surface area contributed by atoms with Gasteiger partial charge in [-0.05, 0) is 11.5 Å². The van der Waals surface area contributed by atoms with Crippen LogP contribution in [0.2, 0.25) is 0 Å². The largest absolute Gasteiger partial charge is 0.378 e. The predicted octanol–water partition coefficient (Wildman–Crippen LogP) is 0.204. The Hall–Kier alpha value is -1.01. The van der Waals surface area contributed by atoms with Crippen LogP contribution in [-0.2, 0) is 4.74 Å². The molecule has 5 nitrogen and oxygen atoms in total. The summed E-state index contributed by atoms with van der Waals surface area (Å²) >= 11 is 1.33. The van der Waals surface area contributed by atoms with E-state index in [9.17, 15) is 0 Å². The van der Waals surface area contributed by atoms with Gasteiger partial charge in [0.25, 0.3) is 0 Å². The van der Waals surface area contributed by atoms with Crippen molar-refractivity contribution in [3.05, 3.63) is 11.1 Å². The van der Waals surface area contributed by atoms with Crippen LogP contribution in [0.15, 0.2) is 10.5 Å². The van der Waals surface area contributed by atoms with Crippen LogP contribution >= 0.6 is 11.5 Å². The number of aromatic nitrogens is 2. The first-order valence-electron chi connectivity index (χ1n) is 4.09. The second-order valence-corrected chi connectivity index (χ2v) is 3.25.